The van der Waals surface area contributed by atoms with E-state index in [0.29, 0.717) is 29.5 Å². The molecule has 1 fully saturated rings. The molecule has 1 aromatic carbocycles. The molecule has 3 aromatic heterocycles. The normalized spacial score (nSPS) is 13.4. The third kappa shape index (κ3) is 4.36. The third-order valence-corrected chi connectivity index (χ3v) is 6.10. The molecule has 3 heterocycles. The summed E-state index contributed by atoms with van der Waals surface area (Å²) in [6.45, 7) is 2.62. The molecule has 0 bridgehead atoms. The van der Waals surface area contributed by atoms with Gasteiger partial charge in [-0.05, 0) is 49.9 Å². The van der Waals surface area contributed by atoms with E-state index >= 15 is 0 Å². The van der Waals surface area contributed by atoms with Crippen molar-refractivity contribution in [3.63, 3.8) is 0 Å². The Morgan fingerprint density at radius 3 is 2.61 bits per heavy atom. The first-order valence-electron chi connectivity index (χ1n) is 11.4. The summed E-state index contributed by atoms with van der Waals surface area (Å²) in [5.74, 6) is 0.952. The molecule has 0 saturated heterocycles. The number of amides is 1. The van der Waals surface area contributed by atoms with Crippen LogP contribution in [0.15, 0.2) is 60.8 Å². The number of fused-ring (bicyclic) bond motifs is 1. The second-order valence-corrected chi connectivity index (χ2v) is 8.50. The van der Waals surface area contributed by atoms with Crippen LogP contribution >= 0.6 is 0 Å². The summed E-state index contributed by atoms with van der Waals surface area (Å²) >= 11 is 0. The molecule has 168 valence electrons. The number of pyridine rings is 2. The summed E-state index contributed by atoms with van der Waals surface area (Å²) < 4.78 is 1.73. The van der Waals surface area contributed by atoms with Crippen LogP contribution < -0.4 is 0 Å². The maximum atomic E-state index is 13.8. The quantitative estimate of drug-likeness (QED) is 0.451. The van der Waals surface area contributed by atoms with E-state index < -0.39 is 0 Å². The van der Waals surface area contributed by atoms with E-state index in [9.17, 15) is 9.90 Å². The van der Waals surface area contributed by atoms with E-state index in [2.05, 4.69) is 17.1 Å². The number of aliphatic hydroxyl groups excluding tert-OH is 1. The highest BCUT2D eigenvalue weighted by molar-refractivity contribution is 6.06. The first-order chi connectivity index (χ1) is 16.2. The van der Waals surface area contributed by atoms with Gasteiger partial charge in [-0.3, -0.25) is 4.79 Å². The molecule has 0 aliphatic heterocycles. The molecule has 0 unspecified atom stereocenters. The van der Waals surface area contributed by atoms with Crippen LogP contribution in [0.25, 0.3) is 16.9 Å². The summed E-state index contributed by atoms with van der Waals surface area (Å²) in [6.07, 6.45) is 4.61. The predicted molar refractivity (Wildman–Crippen MR) is 127 cm³/mol. The molecule has 1 N–H and O–H groups in total. The Kier molecular flexibility index (Phi) is 5.88. The van der Waals surface area contributed by atoms with Gasteiger partial charge >= 0.3 is 0 Å². The van der Waals surface area contributed by atoms with E-state index in [1.165, 1.54) is 0 Å². The molecule has 33 heavy (non-hydrogen) atoms. The summed E-state index contributed by atoms with van der Waals surface area (Å²) in [7, 11) is 0. The molecule has 1 aliphatic carbocycles. The molecule has 5 rings (SSSR count). The number of nitrogens with zero attached hydrogens (tertiary/aromatic N) is 5. The molecular weight excluding hydrogens is 414 g/mol. The Hall–Kier alpha value is -3.58. The fraction of sp³-hybridized carbons (Fsp3) is 0.308. The lowest BCUT2D eigenvalue weighted by Crippen LogP contribution is -2.35. The minimum atomic E-state index is -0.0991. The minimum Gasteiger partial charge on any atom is -0.395 e. The van der Waals surface area contributed by atoms with Gasteiger partial charge in [-0.25, -0.2) is 9.97 Å². The number of carbonyl (C=O) groups excluding carboxylic acids is 1. The number of hydrogen-bond acceptors (Lipinski definition) is 5. The molecule has 1 saturated carbocycles. The largest absolute Gasteiger partial charge is 0.395 e. The summed E-state index contributed by atoms with van der Waals surface area (Å²) in [5, 5.41) is 15.1. The second-order valence-electron chi connectivity index (χ2n) is 8.50. The number of hydrogen-bond donors (Lipinski definition) is 1. The smallest absolute Gasteiger partial charge is 0.254 e. The topological polar surface area (TPSA) is 84.1 Å². The predicted octanol–water partition coefficient (Wildman–Crippen LogP) is 3.68. The fourth-order valence-electron chi connectivity index (χ4n) is 4.22. The Labute approximate surface area is 192 Å². The number of aryl methyl sites for hydroxylation is 1. The van der Waals surface area contributed by atoms with Crippen molar-refractivity contribution in [1.29, 1.82) is 0 Å². The Morgan fingerprint density at radius 1 is 1.12 bits per heavy atom. The number of rotatable bonds is 8. The van der Waals surface area contributed by atoms with Gasteiger partial charge in [0.1, 0.15) is 0 Å². The van der Waals surface area contributed by atoms with Gasteiger partial charge in [0.05, 0.1) is 23.3 Å². The first-order valence-corrected chi connectivity index (χ1v) is 11.4. The summed E-state index contributed by atoms with van der Waals surface area (Å²) in [4.78, 5) is 24.9. The van der Waals surface area contributed by atoms with Gasteiger partial charge in [-0.1, -0.05) is 36.4 Å². The zero-order valence-corrected chi connectivity index (χ0v) is 18.7. The summed E-state index contributed by atoms with van der Waals surface area (Å²) in [6, 6.07) is 17.7. The number of aliphatic hydroxyl groups is 1. The van der Waals surface area contributed by atoms with Crippen LogP contribution in [0.1, 0.15) is 46.1 Å². The SMILES string of the molecule is Cc1nn(-c2ccccn2)c2nc(C3CC3)cc(C(=O)N(CCO)CCc3ccccc3)c12. The lowest BCUT2D eigenvalue weighted by molar-refractivity contribution is 0.0725. The van der Waals surface area contributed by atoms with Crippen LogP contribution in [-0.4, -0.2) is 55.4 Å². The van der Waals surface area contributed by atoms with Crippen molar-refractivity contribution in [3.05, 3.63) is 83.3 Å². The van der Waals surface area contributed by atoms with Crippen molar-refractivity contribution in [2.24, 2.45) is 0 Å². The lowest BCUT2D eigenvalue weighted by atomic mass is 10.1. The Bertz CT molecular complexity index is 1270. The zero-order valence-electron chi connectivity index (χ0n) is 18.7. The van der Waals surface area contributed by atoms with Crippen molar-refractivity contribution >= 4 is 16.9 Å². The van der Waals surface area contributed by atoms with Crippen LogP contribution in [0.2, 0.25) is 0 Å². The number of carbonyl (C=O) groups is 1. The standard InChI is InChI=1S/C26H27N5O2/c1-18-24-21(26(33)30(15-16-32)14-12-19-7-3-2-4-8-19)17-22(20-10-11-20)28-25(24)31(29-18)23-9-5-6-13-27-23/h2-9,13,17,20,32H,10-12,14-16H2,1H3. The van der Waals surface area contributed by atoms with Crippen LogP contribution in [0.4, 0.5) is 0 Å². The van der Waals surface area contributed by atoms with E-state index in [0.717, 1.165) is 41.6 Å². The van der Waals surface area contributed by atoms with Crippen LogP contribution in [0, 0.1) is 6.92 Å². The Balaban J connectivity index is 1.56. The first kappa shape index (κ1) is 21.3. The van der Waals surface area contributed by atoms with E-state index in [1.54, 1.807) is 15.8 Å². The zero-order chi connectivity index (χ0) is 22.8. The van der Waals surface area contributed by atoms with Crippen LogP contribution in [-0.2, 0) is 6.42 Å². The highest BCUT2D eigenvalue weighted by atomic mass is 16.3. The van der Waals surface area contributed by atoms with Gasteiger partial charge in [0.15, 0.2) is 11.5 Å². The fourth-order valence-corrected chi connectivity index (χ4v) is 4.22. The van der Waals surface area contributed by atoms with E-state index in [1.807, 2.05) is 49.4 Å². The molecule has 0 spiro atoms. The molecule has 4 aromatic rings. The van der Waals surface area contributed by atoms with Crippen molar-refractivity contribution in [2.75, 3.05) is 19.7 Å². The lowest BCUT2D eigenvalue weighted by Gasteiger charge is -2.23. The average Bonchev–Trinajstić information content (AvgIpc) is 3.65. The minimum absolute atomic E-state index is 0.0869. The highest BCUT2D eigenvalue weighted by Crippen LogP contribution is 2.40. The van der Waals surface area contributed by atoms with Gasteiger partial charge in [-0.2, -0.15) is 9.78 Å². The maximum Gasteiger partial charge on any atom is 0.254 e. The molecule has 0 radical (unpaired) electrons. The number of benzene rings is 1. The molecule has 0 atom stereocenters. The van der Waals surface area contributed by atoms with Gasteiger partial charge in [0, 0.05) is 30.9 Å². The maximum absolute atomic E-state index is 13.8. The second kappa shape index (κ2) is 9.11. The molecule has 1 amide bonds. The van der Waals surface area contributed by atoms with Crippen molar-refractivity contribution in [3.8, 4) is 5.82 Å². The van der Waals surface area contributed by atoms with Gasteiger partial charge < -0.3 is 10.0 Å². The summed E-state index contributed by atoms with van der Waals surface area (Å²) in [5.41, 5.74) is 4.08. The van der Waals surface area contributed by atoms with Gasteiger partial charge in [-0.15, -0.1) is 0 Å². The van der Waals surface area contributed by atoms with Crippen LogP contribution in [0.5, 0.6) is 0 Å². The van der Waals surface area contributed by atoms with Crippen molar-refractivity contribution < 1.29 is 9.90 Å². The molecule has 1 aliphatic rings. The average molecular weight is 442 g/mol. The number of aromatic nitrogens is 4. The van der Waals surface area contributed by atoms with Crippen molar-refractivity contribution in [1.82, 2.24) is 24.6 Å². The third-order valence-electron chi connectivity index (χ3n) is 6.10. The molecule has 7 heteroatoms. The van der Waals surface area contributed by atoms with Crippen molar-refractivity contribution in [2.45, 2.75) is 32.1 Å². The van der Waals surface area contributed by atoms with Crippen LogP contribution in [0.3, 0.4) is 0 Å². The highest BCUT2D eigenvalue weighted by Gasteiger charge is 2.30. The van der Waals surface area contributed by atoms with E-state index in [4.69, 9.17) is 10.1 Å². The van der Waals surface area contributed by atoms with Gasteiger partial charge in [0.25, 0.3) is 5.91 Å². The monoisotopic (exact) mass is 441 g/mol. The van der Waals surface area contributed by atoms with E-state index in [-0.39, 0.29) is 19.1 Å². The molecular formula is C26H27N5O2. The van der Waals surface area contributed by atoms with Gasteiger partial charge in [0.2, 0.25) is 0 Å². The Morgan fingerprint density at radius 2 is 1.91 bits per heavy atom. The molecule has 7 nitrogen and oxygen atoms in total.